The van der Waals surface area contributed by atoms with Crippen LogP contribution in [0, 0.1) is 5.82 Å². The quantitative estimate of drug-likeness (QED) is 0.572. The first-order valence-corrected chi connectivity index (χ1v) is 8.61. The number of carbonyl (C=O) groups is 3. The number of rotatable bonds is 9. The molecule has 2 rings (SSSR count). The summed E-state index contributed by atoms with van der Waals surface area (Å²) >= 11 is 0. The van der Waals surface area contributed by atoms with Gasteiger partial charge in [0.05, 0.1) is 7.11 Å². The zero-order chi connectivity index (χ0) is 20.5. The fourth-order valence-electron chi connectivity index (χ4n) is 2.53. The Morgan fingerprint density at radius 1 is 1.14 bits per heavy atom. The van der Waals surface area contributed by atoms with Crippen LogP contribution in [-0.4, -0.2) is 36.5 Å². The van der Waals surface area contributed by atoms with Crippen molar-refractivity contribution < 1.29 is 28.6 Å². The molecule has 0 saturated carbocycles. The summed E-state index contributed by atoms with van der Waals surface area (Å²) in [5, 5.41) is 14.4. The molecule has 8 heteroatoms. The largest absolute Gasteiger partial charge is 0.494 e. The number of halogens is 1. The first-order valence-electron chi connectivity index (χ1n) is 8.61. The number of ether oxygens (including phenoxy) is 1. The van der Waals surface area contributed by atoms with Crippen molar-refractivity contribution in [1.29, 1.82) is 0 Å². The Morgan fingerprint density at radius 2 is 1.86 bits per heavy atom. The van der Waals surface area contributed by atoms with E-state index in [1.165, 1.54) is 19.2 Å². The molecular formula is C20H21FN2O5. The maximum Gasteiger partial charge on any atom is 0.330 e. The molecule has 3 N–H and O–H groups in total. The van der Waals surface area contributed by atoms with Crippen LogP contribution in [0.2, 0.25) is 0 Å². The third-order valence-corrected chi connectivity index (χ3v) is 3.96. The highest BCUT2D eigenvalue weighted by Gasteiger charge is 2.23. The van der Waals surface area contributed by atoms with Crippen LogP contribution in [0.25, 0.3) is 0 Å². The van der Waals surface area contributed by atoms with E-state index in [1.807, 2.05) is 0 Å². The average Bonchev–Trinajstić information content (AvgIpc) is 2.69. The van der Waals surface area contributed by atoms with Crippen LogP contribution in [-0.2, 0) is 9.59 Å². The summed E-state index contributed by atoms with van der Waals surface area (Å²) in [7, 11) is 1.30. The fraction of sp³-hybridized carbons (Fsp3) is 0.250. The van der Waals surface area contributed by atoms with Crippen LogP contribution < -0.4 is 15.4 Å². The van der Waals surface area contributed by atoms with Gasteiger partial charge in [0.25, 0.3) is 5.91 Å². The molecule has 148 valence electrons. The molecule has 0 aliphatic rings. The normalized spacial score (nSPS) is 11.4. The molecule has 0 heterocycles. The summed E-state index contributed by atoms with van der Waals surface area (Å²) in [5.74, 6) is -2.82. The van der Waals surface area contributed by atoms with Gasteiger partial charge < -0.3 is 20.5 Å². The molecular weight excluding hydrogens is 367 g/mol. The highest BCUT2D eigenvalue weighted by molar-refractivity contribution is 5.94. The van der Waals surface area contributed by atoms with Crippen LogP contribution >= 0.6 is 0 Å². The van der Waals surface area contributed by atoms with Gasteiger partial charge in [-0.1, -0.05) is 24.3 Å². The summed E-state index contributed by atoms with van der Waals surface area (Å²) in [4.78, 5) is 35.4. The molecule has 28 heavy (non-hydrogen) atoms. The monoisotopic (exact) mass is 388 g/mol. The summed E-state index contributed by atoms with van der Waals surface area (Å²) < 4.78 is 18.6. The number of hydrogen-bond donors (Lipinski definition) is 3. The molecule has 0 spiro atoms. The molecule has 2 aromatic carbocycles. The molecule has 0 aliphatic heterocycles. The van der Waals surface area contributed by atoms with Crippen molar-refractivity contribution in [3.8, 4) is 5.75 Å². The molecule has 0 radical (unpaired) electrons. The van der Waals surface area contributed by atoms with Gasteiger partial charge in [0.1, 0.15) is 0 Å². The van der Waals surface area contributed by atoms with Crippen LogP contribution in [0.15, 0.2) is 48.5 Å². The molecule has 0 aliphatic carbocycles. The number of carboxylic acids is 1. The Balaban J connectivity index is 1.85. The van der Waals surface area contributed by atoms with Gasteiger partial charge in [0, 0.05) is 18.5 Å². The van der Waals surface area contributed by atoms with E-state index in [-0.39, 0.29) is 30.2 Å². The lowest BCUT2D eigenvalue weighted by Crippen LogP contribution is -2.34. The summed E-state index contributed by atoms with van der Waals surface area (Å²) in [6.45, 7) is 0.260. The van der Waals surface area contributed by atoms with Gasteiger partial charge in [0.2, 0.25) is 5.91 Å². The Morgan fingerprint density at radius 3 is 2.46 bits per heavy atom. The van der Waals surface area contributed by atoms with Crippen molar-refractivity contribution in [2.75, 3.05) is 13.7 Å². The van der Waals surface area contributed by atoms with Gasteiger partial charge in [-0.15, -0.1) is 0 Å². The minimum atomic E-state index is -1.38. The number of amides is 2. The van der Waals surface area contributed by atoms with Crippen LogP contribution in [0.3, 0.4) is 0 Å². The number of hydrogen-bond acceptors (Lipinski definition) is 4. The SMILES string of the molecule is COc1ccc(C(NC(=O)CCCNC(=O)c2ccccc2)C(=O)O)cc1F. The van der Waals surface area contributed by atoms with E-state index >= 15 is 0 Å². The highest BCUT2D eigenvalue weighted by Crippen LogP contribution is 2.22. The molecule has 0 saturated heterocycles. The second-order valence-electron chi connectivity index (χ2n) is 5.96. The van der Waals surface area contributed by atoms with Crippen molar-refractivity contribution >= 4 is 17.8 Å². The van der Waals surface area contributed by atoms with Crippen molar-refractivity contribution in [2.24, 2.45) is 0 Å². The molecule has 0 aromatic heterocycles. The van der Waals surface area contributed by atoms with Gasteiger partial charge in [-0.2, -0.15) is 0 Å². The van der Waals surface area contributed by atoms with E-state index in [9.17, 15) is 23.9 Å². The van der Waals surface area contributed by atoms with Gasteiger partial charge >= 0.3 is 5.97 Å². The molecule has 7 nitrogen and oxygen atoms in total. The lowest BCUT2D eigenvalue weighted by molar-refractivity contribution is -0.142. The zero-order valence-electron chi connectivity index (χ0n) is 15.3. The van der Waals surface area contributed by atoms with Crippen LogP contribution in [0.4, 0.5) is 4.39 Å². The van der Waals surface area contributed by atoms with Gasteiger partial charge in [-0.05, 0) is 36.2 Å². The Labute approximate surface area is 161 Å². The number of carbonyl (C=O) groups excluding carboxylic acids is 2. The minimum Gasteiger partial charge on any atom is -0.494 e. The van der Waals surface area contributed by atoms with E-state index in [0.717, 1.165) is 6.07 Å². The standard InChI is InChI=1S/C20H21FN2O5/c1-28-16-10-9-14(12-15(16)21)18(20(26)27)23-17(24)8-5-11-22-19(25)13-6-3-2-4-7-13/h2-4,6-7,9-10,12,18H,5,8,11H2,1H3,(H,22,25)(H,23,24)(H,26,27). The average molecular weight is 388 g/mol. The lowest BCUT2D eigenvalue weighted by atomic mass is 10.1. The van der Waals surface area contributed by atoms with Crippen LogP contribution in [0.5, 0.6) is 5.75 Å². The van der Waals surface area contributed by atoms with Gasteiger partial charge in [0.15, 0.2) is 17.6 Å². The maximum absolute atomic E-state index is 13.8. The minimum absolute atomic E-state index is 0.0114. The van der Waals surface area contributed by atoms with Crippen molar-refractivity contribution in [2.45, 2.75) is 18.9 Å². The topological polar surface area (TPSA) is 105 Å². The van der Waals surface area contributed by atoms with E-state index < -0.39 is 23.7 Å². The van der Waals surface area contributed by atoms with Gasteiger partial charge in [-0.3, -0.25) is 9.59 Å². The summed E-state index contributed by atoms with van der Waals surface area (Å²) in [5.41, 5.74) is 0.607. The molecule has 2 amide bonds. The van der Waals surface area contributed by atoms with Crippen molar-refractivity contribution in [1.82, 2.24) is 10.6 Å². The fourth-order valence-corrected chi connectivity index (χ4v) is 2.53. The Bertz CT molecular complexity index is 842. The summed E-state index contributed by atoms with van der Waals surface area (Å²) in [6.07, 6.45) is 0.338. The number of benzene rings is 2. The van der Waals surface area contributed by atoms with E-state index in [4.69, 9.17) is 4.74 Å². The molecule has 1 unspecified atom stereocenters. The van der Waals surface area contributed by atoms with E-state index in [2.05, 4.69) is 10.6 Å². The van der Waals surface area contributed by atoms with Crippen molar-refractivity contribution in [3.05, 3.63) is 65.5 Å². The summed E-state index contributed by atoms with van der Waals surface area (Å²) in [6, 6.07) is 10.9. The number of methoxy groups -OCH3 is 1. The predicted octanol–water partition coefficient (Wildman–Crippen LogP) is 2.29. The third-order valence-electron chi connectivity index (χ3n) is 3.96. The van der Waals surface area contributed by atoms with E-state index in [0.29, 0.717) is 12.0 Å². The van der Waals surface area contributed by atoms with Crippen molar-refractivity contribution in [3.63, 3.8) is 0 Å². The van der Waals surface area contributed by atoms with E-state index in [1.54, 1.807) is 30.3 Å². The third kappa shape index (κ3) is 5.80. The van der Waals surface area contributed by atoms with Crippen LogP contribution in [0.1, 0.15) is 34.8 Å². The second kappa shape index (κ2) is 10.1. The molecule has 1 atom stereocenters. The Kier molecular flexibility index (Phi) is 7.50. The highest BCUT2D eigenvalue weighted by atomic mass is 19.1. The second-order valence-corrected chi connectivity index (χ2v) is 5.96. The first kappa shape index (κ1) is 20.9. The zero-order valence-corrected chi connectivity index (χ0v) is 15.3. The first-order chi connectivity index (χ1) is 13.4. The van der Waals surface area contributed by atoms with Gasteiger partial charge in [-0.25, -0.2) is 9.18 Å². The molecule has 0 bridgehead atoms. The smallest absolute Gasteiger partial charge is 0.330 e. The maximum atomic E-state index is 13.8. The molecule has 0 fully saturated rings. The predicted molar refractivity (Wildman–Crippen MR) is 99.5 cm³/mol. The number of aliphatic carboxylic acids is 1. The Hall–Kier alpha value is -3.42. The number of nitrogens with one attached hydrogen (secondary N) is 2. The molecule has 2 aromatic rings. The number of carboxylic acid groups (broad SMARTS) is 1. The lowest BCUT2D eigenvalue weighted by Gasteiger charge is -2.16.